The number of aliphatic hydroxyl groups excluding tert-OH is 1. The molecule has 4 aromatic rings. The maximum atomic E-state index is 13.4. The van der Waals surface area contributed by atoms with Crippen LogP contribution in [0.2, 0.25) is 0 Å². The number of nitrogens with two attached hydrogens (primary N) is 1. The summed E-state index contributed by atoms with van der Waals surface area (Å²) in [6.07, 6.45) is 3.65. The molecule has 0 saturated carbocycles. The maximum absolute atomic E-state index is 13.4. The fourth-order valence-electron chi connectivity index (χ4n) is 4.81. The number of hydrogen-bond acceptors (Lipinski definition) is 5. The third-order valence-corrected chi connectivity index (χ3v) is 6.57. The lowest BCUT2D eigenvalue weighted by molar-refractivity contribution is 0.228. The zero-order valence-electron chi connectivity index (χ0n) is 17.4. The van der Waals surface area contributed by atoms with Crippen LogP contribution in [-0.4, -0.2) is 50.2 Å². The number of aliphatic hydroxyl groups is 1. The van der Waals surface area contributed by atoms with Crippen LogP contribution in [0.15, 0.2) is 61.1 Å². The molecule has 2 aliphatic rings. The summed E-state index contributed by atoms with van der Waals surface area (Å²) in [5.74, 6) is 0.610. The summed E-state index contributed by atoms with van der Waals surface area (Å²) >= 11 is 0. The molecule has 4 heterocycles. The molecule has 2 aromatic heterocycles. The molecule has 2 aliphatic heterocycles. The quantitative estimate of drug-likeness (QED) is 0.460. The standard InChI is InChI=1S/C24H23FN6O/c25-19-3-1-15(2-4-19)16-8-23-24-27-14-28-31(24)22-6-5-20(7-17(22)10-30(23)9-16)29-11-18(13-32)21(26)12-29/h1-9,14,18,21,32H,10-13,26H2/t18-,21+/m0/s1. The Morgan fingerprint density at radius 3 is 2.69 bits per heavy atom. The highest BCUT2D eigenvalue weighted by molar-refractivity contribution is 5.71. The van der Waals surface area contributed by atoms with E-state index in [4.69, 9.17) is 5.73 Å². The van der Waals surface area contributed by atoms with Crippen molar-refractivity contribution in [2.75, 3.05) is 24.6 Å². The average molecular weight is 430 g/mol. The first-order valence-electron chi connectivity index (χ1n) is 10.7. The number of benzene rings is 2. The van der Waals surface area contributed by atoms with Crippen LogP contribution in [-0.2, 0) is 6.54 Å². The molecule has 1 fully saturated rings. The number of fused-ring (bicyclic) bond motifs is 5. The number of halogens is 1. The molecule has 0 spiro atoms. The molecule has 7 nitrogen and oxygen atoms in total. The topological polar surface area (TPSA) is 85.1 Å². The molecule has 2 aromatic carbocycles. The van der Waals surface area contributed by atoms with Crippen LogP contribution < -0.4 is 10.6 Å². The van der Waals surface area contributed by atoms with Crippen molar-refractivity contribution in [1.29, 1.82) is 0 Å². The summed E-state index contributed by atoms with van der Waals surface area (Å²) < 4.78 is 17.4. The third-order valence-electron chi connectivity index (χ3n) is 6.57. The minimum absolute atomic E-state index is 0.0324. The number of hydrogen-bond donors (Lipinski definition) is 2. The van der Waals surface area contributed by atoms with Crippen molar-refractivity contribution in [1.82, 2.24) is 19.3 Å². The first kappa shape index (κ1) is 19.2. The highest BCUT2D eigenvalue weighted by atomic mass is 19.1. The van der Waals surface area contributed by atoms with E-state index in [1.807, 2.05) is 4.68 Å². The molecule has 3 N–H and O–H groups in total. The van der Waals surface area contributed by atoms with E-state index in [-0.39, 0.29) is 24.4 Å². The molecule has 6 rings (SSSR count). The summed E-state index contributed by atoms with van der Waals surface area (Å²) in [7, 11) is 0. The van der Waals surface area contributed by atoms with Crippen molar-refractivity contribution >= 4 is 5.69 Å². The molecular formula is C24H23FN6O. The Morgan fingerprint density at radius 2 is 1.91 bits per heavy atom. The number of rotatable bonds is 3. The fourth-order valence-corrected chi connectivity index (χ4v) is 4.81. The smallest absolute Gasteiger partial charge is 0.179 e. The SMILES string of the molecule is N[C@@H]1CN(c2ccc3c(c2)Cn2cc(-c4ccc(F)cc4)cc2-c2ncnn2-3)C[C@H]1CO. The van der Waals surface area contributed by atoms with Crippen LogP contribution in [0.4, 0.5) is 10.1 Å². The Morgan fingerprint density at radius 1 is 1.06 bits per heavy atom. The number of anilines is 1. The van der Waals surface area contributed by atoms with Gasteiger partial charge in [-0.3, -0.25) is 0 Å². The van der Waals surface area contributed by atoms with Crippen molar-refractivity contribution < 1.29 is 9.50 Å². The van der Waals surface area contributed by atoms with Gasteiger partial charge < -0.3 is 20.3 Å². The van der Waals surface area contributed by atoms with Crippen molar-refractivity contribution in [2.24, 2.45) is 11.7 Å². The Bertz CT molecular complexity index is 1290. The zero-order chi connectivity index (χ0) is 21.8. The molecule has 0 aliphatic carbocycles. The van der Waals surface area contributed by atoms with E-state index in [1.165, 1.54) is 12.1 Å². The van der Waals surface area contributed by atoms with Gasteiger partial charge in [0.25, 0.3) is 0 Å². The summed E-state index contributed by atoms with van der Waals surface area (Å²) in [5.41, 5.74) is 12.3. The van der Waals surface area contributed by atoms with Crippen LogP contribution in [0.25, 0.3) is 28.3 Å². The molecule has 32 heavy (non-hydrogen) atoms. The lowest BCUT2D eigenvalue weighted by Gasteiger charge is -2.20. The van der Waals surface area contributed by atoms with Crippen LogP contribution in [0.3, 0.4) is 0 Å². The van der Waals surface area contributed by atoms with Gasteiger partial charge in [0, 0.05) is 55.6 Å². The van der Waals surface area contributed by atoms with E-state index < -0.39 is 0 Å². The van der Waals surface area contributed by atoms with Gasteiger partial charge in [-0.05, 0) is 47.5 Å². The monoisotopic (exact) mass is 430 g/mol. The normalized spacial score (nSPS) is 19.4. The molecule has 162 valence electrons. The molecule has 0 radical (unpaired) electrons. The highest BCUT2D eigenvalue weighted by Gasteiger charge is 2.30. The van der Waals surface area contributed by atoms with Gasteiger partial charge in [-0.1, -0.05) is 12.1 Å². The second-order valence-electron chi connectivity index (χ2n) is 8.57. The van der Waals surface area contributed by atoms with Gasteiger partial charge in [0.2, 0.25) is 0 Å². The second-order valence-corrected chi connectivity index (χ2v) is 8.57. The van der Waals surface area contributed by atoms with Gasteiger partial charge in [0.1, 0.15) is 12.1 Å². The maximum Gasteiger partial charge on any atom is 0.179 e. The Kier molecular flexibility index (Phi) is 4.38. The van der Waals surface area contributed by atoms with E-state index in [1.54, 1.807) is 18.5 Å². The summed E-state index contributed by atoms with van der Waals surface area (Å²) in [4.78, 5) is 6.76. The Labute approximate surface area is 184 Å². The van der Waals surface area contributed by atoms with Crippen molar-refractivity contribution in [3.63, 3.8) is 0 Å². The van der Waals surface area contributed by atoms with Gasteiger partial charge >= 0.3 is 0 Å². The number of nitrogens with zero attached hydrogens (tertiary/aromatic N) is 5. The largest absolute Gasteiger partial charge is 0.396 e. The molecule has 2 atom stereocenters. The Hall–Kier alpha value is -3.49. The minimum Gasteiger partial charge on any atom is -0.396 e. The Balaban J connectivity index is 1.42. The van der Waals surface area contributed by atoms with Gasteiger partial charge in [0.05, 0.1) is 11.4 Å². The lowest BCUT2D eigenvalue weighted by atomic mass is 10.1. The van der Waals surface area contributed by atoms with Gasteiger partial charge in [-0.2, -0.15) is 5.10 Å². The van der Waals surface area contributed by atoms with Crippen LogP contribution in [0.1, 0.15) is 5.56 Å². The molecular weight excluding hydrogens is 407 g/mol. The predicted octanol–water partition coefficient (Wildman–Crippen LogP) is 2.66. The molecule has 8 heteroatoms. The van der Waals surface area contributed by atoms with E-state index in [9.17, 15) is 9.50 Å². The van der Waals surface area contributed by atoms with Gasteiger partial charge in [-0.15, -0.1) is 0 Å². The molecule has 0 amide bonds. The van der Waals surface area contributed by atoms with Crippen molar-refractivity contribution in [2.45, 2.75) is 12.6 Å². The van der Waals surface area contributed by atoms with Crippen molar-refractivity contribution in [3.8, 4) is 28.3 Å². The van der Waals surface area contributed by atoms with Crippen LogP contribution in [0.5, 0.6) is 0 Å². The fraction of sp³-hybridized carbons (Fsp3) is 0.250. The highest BCUT2D eigenvalue weighted by Crippen LogP contribution is 2.35. The molecule has 0 bridgehead atoms. The predicted molar refractivity (Wildman–Crippen MR) is 120 cm³/mol. The third kappa shape index (κ3) is 3.03. The van der Waals surface area contributed by atoms with Crippen LogP contribution in [0, 0.1) is 11.7 Å². The summed E-state index contributed by atoms with van der Waals surface area (Å²) in [6.45, 7) is 2.23. The van der Waals surface area contributed by atoms with Gasteiger partial charge in [0.15, 0.2) is 5.82 Å². The summed E-state index contributed by atoms with van der Waals surface area (Å²) in [6, 6.07) is 14.9. The summed E-state index contributed by atoms with van der Waals surface area (Å²) in [5, 5.41) is 14.1. The van der Waals surface area contributed by atoms with Gasteiger partial charge in [-0.25, -0.2) is 14.1 Å². The van der Waals surface area contributed by atoms with E-state index in [0.29, 0.717) is 6.54 Å². The average Bonchev–Trinajstić information content (AvgIpc) is 3.51. The second kappa shape index (κ2) is 7.29. The zero-order valence-corrected chi connectivity index (χ0v) is 17.4. The first-order valence-corrected chi connectivity index (χ1v) is 10.7. The van der Waals surface area contributed by atoms with E-state index >= 15 is 0 Å². The first-order chi connectivity index (χ1) is 15.6. The van der Waals surface area contributed by atoms with E-state index in [0.717, 1.165) is 52.7 Å². The van der Waals surface area contributed by atoms with E-state index in [2.05, 4.69) is 50.0 Å². The molecule has 0 unspecified atom stereocenters. The molecule has 1 saturated heterocycles. The number of aromatic nitrogens is 4. The minimum atomic E-state index is -0.249. The van der Waals surface area contributed by atoms with Crippen LogP contribution >= 0.6 is 0 Å². The lowest BCUT2D eigenvalue weighted by Crippen LogP contribution is -2.31. The van der Waals surface area contributed by atoms with Crippen molar-refractivity contribution in [3.05, 3.63) is 72.4 Å².